The molecule has 114 valence electrons. The van der Waals surface area contributed by atoms with Gasteiger partial charge in [-0.2, -0.15) is 13.2 Å². The summed E-state index contributed by atoms with van der Waals surface area (Å²) in [6, 6.07) is 4.62. The van der Waals surface area contributed by atoms with E-state index in [4.69, 9.17) is 4.42 Å². The molecule has 0 saturated heterocycles. The summed E-state index contributed by atoms with van der Waals surface area (Å²) < 4.78 is 42.9. The van der Waals surface area contributed by atoms with Crippen LogP contribution in [0.25, 0.3) is 11.5 Å². The van der Waals surface area contributed by atoms with Crippen molar-refractivity contribution in [1.82, 2.24) is 15.5 Å². The van der Waals surface area contributed by atoms with Gasteiger partial charge < -0.3 is 9.73 Å². The number of aromatic nitrogens is 2. The van der Waals surface area contributed by atoms with Crippen molar-refractivity contribution in [3.8, 4) is 11.5 Å². The highest BCUT2D eigenvalue weighted by Gasteiger charge is 2.30. The summed E-state index contributed by atoms with van der Waals surface area (Å²) in [6.07, 6.45) is -4.35. The fourth-order valence-corrected chi connectivity index (χ4v) is 1.58. The fourth-order valence-electron chi connectivity index (χ4n) is 1.58. The number of alkyl halides is 3. The largest absolute Gasteiger partial charge is 0.419 e. The van der Waals surface area contributed by atoms with Gasteiger partial charge in [0.25, 0.3) is 0 Å². The minimum Gasteiger partial charge on any atom is -0.419 e. The lowest BCUT2D eigenvalue weighted by Crippen LogP contribution is -2.35. The topological polar surface area (TPSA) is 51.0 Å². The quantitative estimate of drug-likeness (QED) is 0.940. The van der Waals surface area contributed by atoms with Crippen molar-refractivity contribution >= 4 is 0 Å². The Morgan fingerprint density at radius 1 is 1.05 bits per heavy atom. The zero-order valence-corrected chi connectivity index (χ0v) is 12.0. The minimum absolute atomic E-state index is 0.0943. The summed E-state index contributed by atoms with van der Waals surface area (Å²) >= 11 is 0. The molecule has 0 fully saturated rings. The van der Waals surface area contributed by atoms with E-state index in [-0.39, 0.29) is 11.4 Å². The molecule has 1 aromatic carbocycles. The number of halogens is 3. The smallest absolute Gasteiger partial charge is 0.416 e. The molecule has 1 N–H and O–H groups in total. The molecular weight excluding hydrogens is 283 g/mol. The van der Waals surface area contributed by atoms with E-state index in [1.807, 2.05) is 20.8 Å². The molecule has 4 nitrogen and oxygen atoms in total. The average Bonchev–Trinajstić information content (AvgIpc) is 2.83. The second-order valence-electron chi connectivity index (χ2n) is 5.68. The van der Waals surface area contributed by atoms with Crippen LogP contribution in [0.2, 0.25) is 0 Å². The van der Waals surface area contributed by atoms with Crippen LogP contribution in [-0.4, -0.2) is 15.7 Å². The van der Waals surface area contributed by atoms with Gasteiger partial charge in [-0.25, -0.2) is 0 Å². The highest BCUT2D eigenvalue weighted by Crippen LogP contribution is 2.30. The van der Waals surface area contributed by atoms with E-state index >= 15 is 0 Å². The molecule has 0 spiro atoms. The molecule has 0 amide bonds. The van der Waals surface area contributed by atoms with Crippen molar-refractivity contribution in [2.24, 2.45) is 0 Å². The maximum atomic E-state index is 12.5. The third kappa shape index (κ3) is 4.29. The van der Waals surface area contributed by atoms with Gasteiger partial charge in [-0.05, 0) is 45.0 Å². The van der Waals surface area contributed by atoms with E-state index in [0.717, 1.165) is 12.1 Å². The Labute approximate surface area is 120 Å². The summed E-state index contributed by atoms with van der Waals surface area (Å²) in [5.74, 6) is 0.592. The summed E-state index contributed by atoms with van der Waals surface area (Å²) in [7, 11) is 0. The standard InChI is InChI=1S/C14H16F3N3O/c1-13(2,3)18-8-11-19-20-12(21-11)9-4-6-10(7-5-9)14(15,16)17/h4-7,18H,8H2,1-3H3. The lowest BCUT2D eigenvalue weighted by atomic mass is 10.1. The van der Waals surface area contributed by atoms with E-state index in [0.29, 0.717) is 18.0 Å². The Kier molecular flexibility index (Phi) is 4.04. The molecule has 7 heteroatoms. The van der Waals surface area contributed by atoms with E-state index in [9.17, 15) is 13.2 Å². The predicted molar refractivity (Wildman–Crippen MR) is 71.3 cm³/mol. The van der Waals surface area contributed by atoms with E-state index in [1.54, 1.807) is 0 Å². The first kappa shape index (κ1) is 15.5. The molecule has 2 aromatic rings. The first-order chi connectivity index (χ1) is 9.65. The Morgan fingerprint density at radius 2 is 1.67 bits per heavy atom. The first-order valence-electron chi connectivity index (χ1n) is 6.40. The summed E-state index contributed by atoms with van der Waals surface area (Å²) in [4.78, 5) is 0. The Bertz CT molecular complexity index is 597. The van der Waals surface area contributed by atoms with Gasteiger partial charge in [-0.3, -0.25) is 0 Å². The van der Waals surface area contributed by atoms with E-state index < -0.39 is 11.7 Å². The van der Waals surface area contributed by atoms with Crippen LogP contribution < -0.4 is 5.32 Å². The highest BCUT2D eigenvalue weighted by molar-refractivity contribution is 5.53. The first-order valence-corrected chi connectivity index (χ1v) is 6.40. The Morgan fingerprint density at radius 3 is 2.19 bits per heavy atom. The number of benzene rings is 1. The molecule has 0 aliphatic carbocycles. The summed E-state index contributed by atoms with van der Waals surface area (Å²) in [5.41, 5.74) is -0.346. The Balaban J connectivity index is 2.11. The predicted octanol–water partition coefficient (Wildman–Crippen LogP) is 3.64. The second kappa shape index (κ2) is 5.48. The molecule has 0 bridgehead atoms. The Hall–Kier alpha value is -1.89. The molecule has 0 unspecified atom stereocenters. The molecule has 1 aromatic heterocycles. The number of nitrogens with one attached hydrogen (secondary N) is 1. The number of hydrogen-bond acceptors (Lipinski definition) is 4. The molecule has 0 saturated carbocycles. The minimum atomic E-state index is -4.35. The van der Waals surface area contributed by atoms with Crippen LogP contribution in [0.15, 0.2) is 28.7 Å². The number of nitrogens with zero attached hydrogens (tertiary/aromatic N) is 2. The van der Waals surface area contributed by atoms with Crippen LogP contribution >= 0.6 is 0 Å². The van der Waals surface area contributed by atoms with Gasteiger partial charge >= 0.3 is 6.18 Å². The maximum absolute atomic E-state index is 12.5. The second-order valence-corrected chi connectivity index (χ2v) is 5.68. The monoisotopic (exact) mass is 299 g/mol. The van der Waals surface area contributed by atoms with E-state index in [1.165, 1.54) is 12.1 Å². The van der Waals surface area contributed by atoms with Gasteiger partial charge in [0.05, 0.1) is 12.1 Å². The normalized spacial score (nSPS) is 12.7. The van der Waals surface area contributed by atoms with Crippen LogP contribution in [0.5, 0.6) is 0 Å². The lowest BCUT2D eigenvalue weighted by Gasteiger charge is -2.18. The van der Waals surface area contributed by atoms with E-state index in [2.05, 4.69) is 15.5 Å². The van der Waals surface area contributed by atoms with Gasteiger partial charge in [0, 0.05) is 11.1 Å². The zero-order valence-electron chi connectivity index (χ0n) is 12.0. The molecular formula is C14H16F3N3O. The van der Waals surface area contributed by atoms with Crippen molar-refractivity contribution in [1.29, 1.82) is 0 Å². The van der Waals surface area contributed by atoms with Gasteiger partial charge in [0.15, 0.2) is 0 Å². The molecule has 0 aliphatic heterocycles. The van der Waals surface area contributed by atoms with Crippen molar-refractivity contribution in [2.75, 3.05) is 0 Å². The van der Waals surface area contributed by atoms with Gasteiger partial charge in [0.2, 0.25) is 11.8 Å². The molecule has 0 atom stereocenters. The SMILES string of the molecule is CC(C)(C)NCc1nnc(-c2ccc(C(F)(F)F)cc2)o1. The van der Waals surface area contributed by atoms with Gasteiger partial charge in [-0.1, -0.05) is 0 Å². The van der Waals surface area contributed by atoms with Crippen LogP contribution in [-0.2, 0) is 12.7 Å². The van der Waals surface area contributed by atoms with Crippen LogP contribution in [0.3, 0.4) is 0 Å². The third-order valence-electron chi connectivity index (χ3n) is 2.70. The molecule has 0 aliphatic rings. The number of hydrogen-bond donors (Lipinski definition) is 1. The third-order valence-corrected chi connectivity index (χ3v) is 2.70. The number of rotatable bonds is 3. The molecule has 2 rings (SSSR count). The molecule has 21 heavy (non-hydrogen) atoms. The highest BCUT2D eigenvalue weighted by atomic mass is 19.4. The summed E-state index contributed by atoms with van der Waals surface area (Å²) in [6.45, 7) is 6.40. The van der Waals surface area contributed by atoms with Crippen molar-refractivity contribution in [2.45, 2.75) is 39.0 Å². The van der Waals surface area contributed by atoms with Gasteiger partial charge in [0.1, 0.15) is 0 Å². The zero-order chi connectivity index (χ0) is 15.7. The summed E-state index contributed by atoms with van der Waals surface area (Å²) in [5, 5.41) is 10.9. The lowest BCUT2D eigenvalue weighted by molar-refractivity contribution is -0.137. The van der Waals surface area contributed by atoms with Gasteiger partial charge in [-0.15, -0.1) is 10.2 Å². The maximum Gasteiger partial charge on any atom is 0.416 e. The van der Waals surface area contributed by atoms with Crippen molar-refractivity contribution < 1.29 is 17.6 Å². The molecule has 1 heterocycles. The molecule has 0 radical (unpaired) electrons. The van der Waals surface area contributed by atoms with Crippen LogP contribution in [0.1, 0.15) is 32.2 Å². The average molecular weight is 299 g/mol. The van der Waals surface area contributed by atoms with Crippen LogP contribution in [0.4, 0.5) is 13.2 Å². The fraction of sp³-hybridized carbons (Fsp3) is 0.429. The van der Waals surface area contributed by atoms with Crippen LogP contribution in [0, 0.1) is 0 Å². The van der Waals surface area contributed by atoms with Crippen molar-refractivity contribution in [3.05, 3.63) is 35.7 Å². The van der Waals surface area contributed by atoms with Crippen molar-refractivity contribution in [3.63, 3.8) is 0 Å².